The average Bonchev–Trinajstić information content (AvgIpc) is 3.35. The molecule has 0 fully saturated rings. The standard InChI is InChI=1S/C21H21FN6O/c1-4-29-17-8-6-5-7-16(17)21-24-18(26-28-21)11-14-9-10-15(12(2)19(14)22)20-23-13(3)25-27-20/h5-10H,4,11H2,1-3H3,(H,23,25,27)(H,24,26,28). The Kier molecular flexibility index (Phi) is 5.07. The number of aromatic nitrogens is 6. The van der Waals surface area contributed by atoms with Gasteiger partial charge in [-0.25, -0.2) is 14.4 Å². The lowest BCUT2D eigenvalue weighted by Crippen LogP contribution is -1.99. The zero-order valence-electron chi connectivity index (χ0n) is 16.5. The van der Waals surface area contributed by atoms with E-state index >= 15 is 0 Å². The zero-order chi connectivity index (χ0) is 20.4. The number of H-pyrrole nitrogens is 2. The summed E-state index contributed by atoms with van der Waals surface area (Å²) in [6.07, 6.45) is 0.295. The monoisotopic (exact) mass is 392 g/mol. The molecule has 2 aromatic carbocycles. The summed E-state index contributed by atoms with van der Waals surface area (Å²) in [6.45, 7) is 6.01. The van der Waals surface area contributed by atoms with Crippen molar-refractivity contribution in [2.24, 2.45) is 0 Å². The van der Waals surface area contributed by atoms with Gasteiger partial charge in [-0.05, 0) is 44.0 Å². The Balaban J connectivity index is 1.60. The van der Waals surface area contributed by atoms with Crippen LogP contribution in [0.3, 0.4) is 0 Å². The molecule has 0 atom stereocenters. The molecule has 0 aliphatic carbocycles. The van der Waals surface area contributed by atoms with Crippen LogP contribution in [0.2, 0.25) is 0 Å². The second kappa shape index (κ2) is 7.83. The van der Waals surface area contributed by atoms with Crippen molar-refractivity contribution >= 4 is 0 Å². The van der Waals surface area contributed by atoms with Gasteiger partial charge in [0.1, 0.15) is 23.2 Å². The molecule has 0 aliphatic heterocycles. The third-order valence-electron chi connectivity index (χ3n) is 4.62. The van der Waals surface area contributed by atoms with Gasteiger partial charge in [0, 0.05) is 12.0 Å². The van der Waals surface area contributed by atoms with Gasteiger partial charge in [0.2, 0.25) is 0 Å². The van der Waals surface area contributed by atoms with Crippen LogP contribution in [0.25, 0.3) is 22.8 Å². The Bertz CT molecular complexity index is 1150. The first-order chi connectivity index (χ1) is 14.1. The number of hydrogen-bond acceptors (Lipinski definition) is 5. The molecule has 4 rings (SSSR count). The third-order valence-corrected chi connectivity index (χ3v) is 4.62. The number of nitrogens with one attached hydrogen (secondary N) is 2. The van der Waals surface area contributed by atoms with Crippen LogP contribution in [0.1, 0.15) is 29.7 Å². The van der Waals surface area contributed by atoms with Gasteiger partial charge in [0.15, 0.2) is 11.6 Å². The number of aromatic amines is 2. The number of aryl methyl sites for hydroxylation is 1. The van der Waals surface area contributed by atoms with E-state index in [1.54, 1.807) is 13.0 Å². The number of ether oxygens (including phenoxy) is 1. The van der Waals surface area contributed by atoms with E-state index in [1.165, 1.54) is 0 Å². The molecular weight excluding hydrogens is 371 g/mol. The SMILES string of the molecule is CCOc1ccccc1-c1n[nH]c(Cc2ccc(-c3n[nH]c(C)n3)c(C)c2F)n1. The van der Waals surface area contributed by atoms with Gasteiger partial charge < -0.3 is 4.74 Å². The fraction of sp³-hybridized carbons (Fsp3) is 0.238. The van der Waals surface area contributed by atoms with Crippen LogP contribution in [0, 0.1) is 19.7 Å². The molecule has 0 bridgehead atoms. The second-order valence-electron chi connectivity index (χ2n) is 6.67. The normalized spacial score (nSPS) is 11.0. The molecule has 29 heavy (non-hydrogen) atoms. The summed E-state index contributed by atoms with van der Waals surface area (Å²) in [7, 11) is 0. The van der Waals surface area contributed by atoms with E-state index in [0.29, 0.717) is 58.8 Å². The summed E-state index contributed by atoms with van der Waals surface area (Å²) in [5.74, 6) is 2.69. The van der Waals surface area contributed by atoms with E-state index in [-0.39, 0.29) is 5.82 Å². The summed E-state index contributed by atoms with van der Waals surface area (Å²) in [6, 6.07) is 11.1. The fourth-order valence-corrected chi connectivity index (χ4v) is 3.19. The molecule has 8 heteroatoms. The van der Waals surface area contributed by atoms with Gasteiger partial charge in [0.05, 0.1) is 12.2 Å². The predicted molar refractivity (Wildman–Crippen MR) is 107 cm³/mol. The highest BCUT2D eigenvalue weighted by molar-refractivity contribution is 5.64. The van der Waals surface area contributed by atoms with Crippen LogP contribution in [0.5, 0.6) is 5.75 Å². The lowest BCUT2D eigenvalue weighted by atomic mass is 10.0. The smallest absolute Gasteiger partial charge is 0.184 e. The molecule has 0 spiro atoms. The first kappa shape index (κ1) is 18.8. The van der Waals surface area contributed by atoms with Crippen LogP contribution >= 0.6 is 0 Å². The Morgan fingerprint density at radius 1 is 0.931 bits per heavy atom. The minimum atomic E-state index is -0.294. The van der Waals surface area contributed by atoms with Gasteiger partial charge in [0.25, 0.3) is 0 Å². The molecule has 2 aromatic heterocycles. The largest absolute Gasteiger partial charge is 0.493 e. The molecule has 2 heterocycles. The zero-order valence-corrected chi connectivity index (χ0v) is 16.5. The Labute approximate surface area is 167 Å². The first-order valence-electron chi connectivity index (χ1n) is 9.37. The summed E-state index contributed by atoms with van der Waals surface area (Å²) < 4.78 is 20.6. The lowest BCUT2D eigenvalue weighted by molar-refractivity contribution is 0.341. The quantitative estimate of drug-likeness (QED) is 0.517. The van der Waals surface area contributed by atoms with Gasteiger partial charge in [-0.2, -0.15) is 10.2 Å². The first-order valence-corrected chi connectivity index (χ1v) is 9.37. The predicted octanol–water partition coefficient (Wildman–Crippen LogP) is 4.00. The summed E-state index contributed by atoms with van der Waals surface area (Å²) >= 11 is 0. The van der Waals surface area contributed by atoms with Crippen LogP contribution in [-0.2, 0) is 6.42 Å². The molecule has 148 valence electrons. The molecule has 4 aromatic rings. The number of hydrogen-bond donors (Lipinski definition) is 2. The lowest BCUT2D eigenvalue weighted by Gasteiger charge is -2.08. The Morgan fingerprint density at radius 2 is 1.69 bits per heavy atom. The maximum absolute atomic E-state index is 15.0. The molecule has 2 N–H and O–H groups in total. The van der Waals surface area contributed by atoms with Crippen molar-refractivity contribution in [2.75, 3.05) is 6.61 Å². The van der Waals surface area contributed by atoms with Crippen LogP contribution in [-0.4, -0.2) is 37.0 Å². The van der Waals surface area contributed by atoms with Crippen molar-refractivity contribution in [3.05, 3.63) is 65.0 Å². The molecule has 0 unspecified atom stereocenters. The highest BCUT2D eigenvalue weighted by Gasteiger charge is 2.17. The van der Waals surface area contributed by atoms with Gasteiger partial charge >= 0.3 is 0 Å². The van der Waals surface area contributed by atoms with Crippen molar-refractivity contribution in [3.63, 3.8) is 0 Å². The molecule has 0 saturated heterocycles. The Hall–Kier alpha value is -3.55. The summed E-state index contributed by atoms with van der Waals surface area (Å²) in [4.78, 5) is 8.81. The van der Waals surface area contributed by atoms with Crippen molar-refractivity contribution < 1.29 is 9.13 Å². The minimum absolute atomic E-state index is 0.294. The van der Waals surface area contributed by atoms with Crippen molar-refractivity contribution in [1.29, 1.82) is 0 Å². The van der Waals surface area contributed by atoms with Crippen molar-refractivity contribution in [2.45, 2.75) is 27.2 Å². The van der Waals surface area contributed by atoms with E-state index in [2.05, 4.69) is 30.4 Å². The summed E-state index contributed by atoms with van der Waals surface area (Å²) in [5.41, 5.74) is 2.49. The minimum Gasteiger partial charge on any atom is -0.493 e. The van der Waals surface area contributed by atoms with E-state index in [4.69, 9.17) is 4.74 Å². The number of benzene rings is 2. The maximum atomic E-state index is 15.0. The van der Waals surface area contributed by atoms with E-state index < -0.39 is 0 Å². The topological polar surface area (TPSA) is 92.4 Å². The van der Waals surface area contributed by atoms with Crippen molar-refractivity contribution in [1.82, 2.24) is 30.4 Å². The second-order valence-corrected chi connectivity index (χ2v) is 6.67. The molecule has 0 saturated carbocycles. The van der Waals surface area contributed by atoms with E-state index in [1.807, 2.05) is 44.2 Å². The highest BCUT2D eigenvalue weighted by atomic mass is 19.1. The number of nitrogens with zero attached hydrogens (tertiary/aromatic N) is 4. The fourth-order valence-electron chi connectivity index (χ4n) is 3.19. The highest BCUT2D eigenvalue weighted by Crippen LogP contribution is 2.28. The molecular formula is C21H21FN6O. The van der Waals surface area contributed by atoms with Gasteiger partial charge in [-0.1, -0.05) is 24.3 Å². The van der Waals surface area contributed by atoms with E-state index in [0.717, 1.165) is 5.56 Å². The van der Waals surface area contributed by atoms with Gasteiger partial charge in [-0.15, -0.1) is 0 Å². The van der Waals surface area contributed by atoms with Crippen LogP contribution in [0.4, 0.5) is 4.39 Å². The number of halogens is 1. The average molecular weight is 392 g/mol. The van der Waals surface area contributed by atoms with E-state index in [9.17, 15) is 4.39 Å². The Morgan fingerprint density at radius 3 is 2.45 bits per heavy atom. The van der Waals surface area contributed by atoms with Crippen LogP contribution < -0.4 is 4.74 Å². The molecule has 0 aliphatic rings. The van der Waals surface area contributed by atoms with Crippen molar-refractivity contribution in [3.8, 4) is 28.5 Å². The molecule has 0 radical (unpaired) electrons. The summed E-state index contributed by atoms with van der Waals surface area (Å²) in [5, 5.41) is 14.1. The molecule has 7 nitrogen and oxygen atoms in total. The number of para-hydroxylation sites is 1. The third kappa shape index (κ3) is 3.73. The number of rotatable bonds is 6. The van der Waals surface area contributed by atoms with Gasteiger partial charge in [-0.3, -0.25) is 10.2 Å². The maximum Gasteiger partial charge on any atom is 0.184 e. The molecule has 0 amide bonds. The van der Waals surface area contributed by atoms with Crippen LogP contribution in [0.15, 0.2) is 36.4 Å².